The van der Waals surface area contributed by atoms with Gasteiger partial charge < -0.3 is 5.43 Å². The molecule has 0 saturated heterocycles. The van der Waals surface area contributed by atoms with E-state index in [0.717, 1.165) is 12.1 Å². The average molecular weight is 171 g/mol. The Morgan fingerprint density at radius 2 is 2.25 bits per heavy atom. The Morgan fingerprint density at radius 3 is 2.67 bits per heavy atom. The van der Waals surface area contributed by atoms with Crippen molar-refractivity contribution in [3.63, 3.8) is 0 Å². The Morgan fingerprint density at radius 1 is 1.58 bits per heavy atom. The summed E-state index contributed by atoms with van der Waals surface area (Å²) in [5.74, 6) is 4.15. The average Bonchev–Trinajstić information content (AvgIpc) is 2.03. The molecule has 0 heterocycles. The first-order valence-corrected chi connectivity index (χ1v) is 3.06. The minimum absolute atomic E-state index is 0.303. The fraction of sp³-hybridized carbons (Fsp3) is 0. The van der Waals surface area contributed by atoms with Crippen LogP contribution in [0.15, 0.2) is 18.2 Å². The molecule has 0 spiro atoms. The molecule has 0 fully saturated rings. The summed E-state index contributed by atoms with van der Waals surface area (Å²) in [5.41, 5.74) is 1.25. The van der Waals surface area contributed by atoms with Gasteiger partial charge in [-0.15, -0.1) is 0 Å². The largest absolute Gasteiger partial charge is 0.316 e. The maximum Gasteiger partial charge on any atom is 0.296 e. The minimum Gasteiger partial charge on any atom is -0.316 e. The molecule has 64 valence electrons. The van der Waals surface area contributed by atoms with Crippen LogP contribution in [0.4, 0.5) is 15.8 Å². The first kappa shape index (κ1) is 8.41. The maximum absolute atomic E-state index is 12.8. The Bertz CT molecular complexity index is 316. The lowest BCUT2D eigenvalue weighted by atomic mass is 10.2. The summed E-state index contributed by atoms with van der Waals surface area (Å²) in [5, 5.41) is 10.3. The summed E-state index contributed by atoms with van der Waals surface area (Å²) < 4.78 is 12.8. The molecule has 0 aromatic heterocycles. The molecular formula is C6H6FN3O2. The van der Waals surface area contributed by atoms with Gasteiger partial charge in [0.15, 0.2) is 11.5 Å². The van der Waals surface area contributed by atoms with E-state index in [4.69, 9.17) is 5.84 Å². The van der Waals surface area contributed by atoms with Gasteiger partial charge >= 0.3 is 0 Å². The molecule has 0 bridgehead atoms. The number of anilines is 1. The fourth-order valence-electron chi connectivity index (χ4n) is 0.808. The van der Waals surface area contributed by atoms with Crippen LogP contribution >= 0.6 is 0 Å². The third-order valence-electron chi connectivity index (χ3n) is 1.33. The number of nitrogen functional groups attached to an aromatic ring is 1. The molecule has 12 heavy (non-hydrogen) atoms. The van der Waals surface area contributed by atoms with E-state index in [0.29, 0.717) is 0 Å². The predicted octanol–water partition coefficient (Wildman–Crippen LogP) is 1.02. The zero-order chi connectivity index (χ0) is 9.14. The lowest BCUT2D eigenvalue weighted by Gasteiger charge is -2.01. The lowest BCUT2D eigenvalue weighted by molar-refractivity contribution is -0.384. The van der Waals surface area contributed by atoms with Crippen LogP contribution in [0.1, 0.15) is 0 Å². The third-order valence-corrected chi connectivity index (χ3v) is 1.33. The second-order valence-corrected chi connectivity index (χ2v) is 2.04. The number of hydrogen-bond acceptors (Lipinski definition) is 4. The van der Waals surface area contributed by atoms with Gasteiger partial charge in [-0.1, -0.05) is 6.07 Å². The Labute approximate surface area is 67.1 Å². The molecule has 0 amide bonds. The van der Waals surface area contributed by atoms with Crippen LogP contribution in [0.2, 0.25) is 0 Å². The van der Waals surface area contributed by atoms with Crippen LogP contribution in [0.5, 0.6) is 0 Å². The summed E-state index contributed by atoms with van der Waals surface area (Å²) in [6.45, 7) is 0. The lowest BCUT2D eigenvalue weighted by Crippen LogP contribution is -2.10. The number of halogens is 1. The van der Waals surface area contributed by atoms with E-state index in [1.807, 2.05) is 5.43 Å². The summed E-state index contributed by atoms with van der Waals surface area (Å²) >= 11 is 0. The van der Waals surface area contributed by atoms with Crippen LogP contribution in [0.25, 0.3) is 0 Å². The van der Waals surface area contributed by atoms with Gasteiger partial charge in [-0.3, -0.25) is 16.0 Å². The topological polar surface area (TPSA) is 81.2 Å². The molecule has 0 aliphatic rings. The molecule has 1 aromatic rings. The van der Waals surface area contributed by atoms with Crippen LogP contribution in [-0.2, 0) is 0 Å². The van der Waals surface area contributed by atoms with E-state index in [9.17, 15) is 14.5 Å². The molecular weight excluding hydrogens is 165 g/mol. The molecule has 0 unspecified atom stereocenters. The van der Waals surface area contributed by atoms with Crippen LogP contribution in [-0.4, -0.2) is 4.92 Å². The van der Waals surface area contributed by atoms with Crippen molar-refractivity contribution in [3.8, 4) is 0 Å². The number of para-hydroxylation sites is 1. The summed E-state index contributed by atoms with van der Waals surface area (Å²) in [7, 11) is 0. The molecule has 1 rings (SSSR count). The van der Waals surface area contributed by atoms with Gasteiger partial charge in [-0.2, -0.15) is 0 Å². The van der Waals surface area contributed by atoms with Crippen molar-refractivity contribution < 1.29 is 9.31 Å². The maximum atomic E-state index is 12.8. The number of hydrogen-bond donors (Lipinski definition) is 2. The van der Waals surface area contributed by atoms with Crippen LogP contribution in [0, 0.1) is 15.9 Å². The fourth-order valence-corrected chi connectivity index (χ4v) is 0.808. The van der Waals surface area contributed by atoms with Crippen molar-refractivity contribution in [1.82, 2.24) is 0 Å². The van der Waals surface area contributed by atoms with E-state index in [1.165, 1.54) is 6.07 Å². The second-order valence-electron chi connectivity index (χ2n) is 2.04. The molecule has 5 nitrogen and oxygen atoms in total. The Kier molecular flexibility index (Phi) is 2.20. The summed E-state index contributed by atoms with van der Waals surface area (Å²) in [6, 6.07) is 3.49. The molecule has 3 N–H and O–H groups in total. The first-order chi connectivity index (χ1) is 5.66. The zero-order valence-electron chi connectivity index (χ0n) is 5.95. The number of nitrogens with two attached hydrogens (primary N) is 1. The number of hydrazine groups is 1. The van der Waals surface area contributed by atoms with Crippen molar-refractivity contribution in [2.45, 2.75) is 0 Å². The Hall–Kier alpha value is -1.69. The standard InChI is InChI=1S/C6H6FN3O2/c7-4-2-1-3-5(10(11)12)6(4)9-8/h1-3,9H,8H2. The quantitative estimate of drug-likeness (QED) is 0.395. The van der Waals surface area contributed by atoms with E-state index in [2.05, 4.69) is 0 Å². The van der Waals surface area contributed by atoms with E-state index in [1.54, 1.807) is 0 Å². The van der Waals surface area contributed by atoms with Crippen LogP contribution < -0.4 is 11.3 Å². The van der Waals surface area contributed by atoms with Gasteiger partial charge in [0.1, 0.15) is 0 Å². The smallest absolute Gasteiger partial charge is 0.296 e. The highest BCUT2D eigenvalue weighted by Gasteiger charge is 2.15. The number of nitrogens with zero attached hydrogens (tertiary/aromatic N) is 1. The highest BCUT2D eigenvalue weighted by Crippen LogP contribution is 2.25. The van der Waals surface area contributed by atoms with E-state index >= 15 is 0 Å². The predicted molar refractivity (Wildman–Crippen MR) is 40.9 cm³/mol. The van der Waals surface area contributed by atoms with Gasteiger partial charge in [0.25, 0.3) is 5.69 Å². The van der Waals surface area contributed by atoms with E-state index in [-0.39, 0.29) is 11.4 Å². The minimum atomic E-state index is -0.744. The highest BCUT2D eigenvalue weighted by atomic mass is 19.1. The number of benzene rings is 1. The van der Waals surface area contributed by atoms with Gasteiger partial charge in [-0.25, -0.2) is 4.39 Å². The summed E-state index contributed by atoms with van der Waals surface area (Å²) in [4.78, 5) is 9.57. The van der Waals surface area contributed by atoms with E-state index < -0.39 is 10.7 Å². The summed E-state index contributed by atoms with van der Waals surface area (Å²) in [6.07, 6.45) is 0. The number of nitro benzene ring substituents is 1. The van der Waals surface area contributed by atoms with Gasteiger partial charge in [0, 0.05) is 6.07 Å². The van der Waals surface area contributed by atoms with Gasteiger partial charge in [-0.05, 0) is 6.07 Å². The van der Waals surface area contributed by atoms with Crippen molar-refractivity contribution in [3.05, 3.63) is 34.1 Å². The SMILES string of the molecule is NNc1c(F)cccc1[N+](=O)[O-]. The molecule has 0 saturated carbocycles. The van der Waals surface area contributed by atoms with Crippen LogP contribution in [0.3, 0.4) is 0 Å². The second kappa shape index (κ2) is 3.14. The monoisotopic (exact) mass is 171 g/mol. The van der Waals surface area contributed by atoms with Crippen molar-refractivity contribution in [2.24, 2.45) is 5.84 Å². The molecule has 6 heteroatoms. The van der Waals surface area contributed by atoms with Gasteiger partial charge in [0.05, 0.1) is 4.92 Å². The first-order valence-electron chi connectivity index (χ1n) is 3.06. The van der Waals surface area contributed by atoms with Gasteiger partial charge in [0.2, 0.25) is 0 Å². The zero-order valence-corrected chi connectivity index (χ0v) is 5.95. The number of rotatable bonds is 2. The molecule has 1 aromatic carbocycles. The highest BCUT2D eigenvalue weighted by molar-refractivity contribution is 5.61. The molecule has 0 radical (unpaired) electrons. The molecule has 0 aliphatic carbocycles. The Balaban J connectivity index is 3.27. The van der Waals surface area contributed by atoms with Crippen molar-refractivity contribution in [2.75, 3.05) is 5.43 Å². The third kappa shape index (κ3) is 1.32. The normalized spacial score (nSPS) is 9.50. The number of nitrogens with one attached hydrogen (secondary N) is 1. The number of nitro groups is 1. The molecule has 0 atom stereocenters. The van der Waals surface area contributed by atoms with Crippen molar-refractivity contribution >= 4 is 11.4 Å². The van der Waals surface area contributed by atoms with Crippen molar-refractivity contribution in [1.29, 1.82) is 0 Å². The molecule has 0 aliphatic heterocycles.